The molecule has 0 aliphatic carbocycles. The van der Waals surface area contributed by atoms with Crippen LogP contribution >= 0.6 is 34.7 Å². The van der Waals surface area contributed by atoms with Crippen molar-refractivity contribution in [1.29, 1.82) is 0 Å². The molecule has 11 heteroatoms. The molecule has 30 heavy (non-hydrogen) atoms. The van der Waals surface area contributed by atoms with Crippen molar-refractivity contribution in [3.63, 3.8) is 0 Å². The maximum absolute atomic E-state index is 13.3. The molecule has 2 heterocycles. The lowest BCUT2D eigenvalue weighted by Crippen LogP contribution is -2.38. The van der Waals surface area contributed by atoms with Crippen molar-refractivity contribution < 1.29 is 18.0 Å². The van der Waals surface area contributed by atoms with Crippen LogP contribution in [-0.2, 0) is 4.79 Å². The van der Waals surface area contributed by atoms with Gasteiger partial charge in [-0.25, -0.2) is 4.98 Å². The lowest BCUT2D eigenvalue weighted by atomic mass is 10.2. The Hall–Kier alpha value is -2.04. The van der Waals surface area contributed by atoms with Gasteiger partial charge in [-0.3, -0.25) is 14.2 Å². The Labute approximate surface area is 183 Å². The molecular formula is C19H17ClF3N3O2S2. The molecule has 3 aromatic rings. The van der Waals surface area contributed by atoms with E-state index in [9.17, 15) is 22.8 Å². The molecule has 2 aromatic heterocycles. The fourth-order valence-electron chi connectivity index (χ4n) is 2.71. The summed E-state index contributed by atoms with van der Waals surface area (Å²) >= 11 is 8.22. The molecule has 1 unspecified atom stereocenters. The highest BCUT2D eigenvalue weighted by Crippen LogP contribution is 2.31. The number of amides is 1. The van der Waals surface area contributed by atoms with Gasteiger partial charge in [-0.05, 0) is 50.6 Å². The molecular weight excluding hydrogens is 459 g/mol. The second kappa shape index (κ2) is 8.60. The van der Waals surface area contributed by atoms with Crippen LogP contribution in [0.2, 0.25) is 5.02 Å². The molecule has 0 saturated heterocycles. The van der Waals surface area contributed by atoms with Crippen LogP contribution in [0.15, 0.2) is 34.2 Å². The molecule has 1 atom stereocenters. The highest BCUT2D eigenvalue weighted by Gasteiger charge is 2.29. The number of halogens is 4. The maximum Gasteiger partial charge on any atom is 0.405 e. The SMILES string of the molecule is Cc1sc2nc(SC(C)C(=O)NCC(F)(F)F)n(-c3ccc(Cl)cc3)c(=O)c2c1C. The zero-order valence-electron chi connectivity index (χ0n) is 16.1. The van der Waals surface area contributed by atoms with Crippen LogP contribution in [0.5, 0.6) is 0 Å². The van der Waals surface area contributed by atoms with E-state index in [1.807, 2.05) is 19.2 Å². The smallest absolute Gasteiger partial charge is 0.346 e. The van der Waals surface area contributed by atoms with Crippen molar-refractivity contribution in [3.05, 3.63) is 50.1 Å². The molecule has 0 spiro atoms. The summed E-state index contributed by atoms with van der Waals surface area (Å²) in [5, 5.41) is 2.13. The summed E-state index contributed by atoms with van der Waals surface area (Å²) in [5.74, 6) is -0.798. The first-order chi connectivity index (χ1) is 14.0. The summed E-state index contributed by atoms with van der Waals surface area (Å²) in [5.41, 5.74) is 1.00. The first-order valence-corrected chi connectivity index (χ1v) is 10.8. The Kier molecular flexibility index (Phi) is 6.49. The number of aromatic nitrogens is 2. The number of hydrogen-bond donors (Lipinski definition) is 1. The number of benzene rings is 1. The van der Waals surface area contributed by atoms with Crippen molar-refractivity contribution in [2.75, 3.05) is 6.54 Å². The number of carbonyl (C=O) groups excluding carboxylic acids is 1. The second-order valence-corrected chi connectivity index (χ2v) is 9.52. The third-order valence-corrected chi connectivity index (χ3v) is 6.78. The van der Waals surface area contributed by atoms with Crippen molar-refractivity contribution in [2.45, 2.75) is 37.4 Å². The predicted octanol–water partition coefficient (Wildman–Crippen LogP) is 4.88. The first kappa shape index (κ1) is 22.6. The van der Waals surface area contributed by atoms with E-state index in [1.165, 1.54) is 22.8 Å². The lowest BCUT2D eigenvalue weighted by Gasteiger charge is -2.16. The number of fused-ring (bicyclic) bond motifs is 1. The summed E-state index contributed by atoms with van der Waals surface area (Å²) in [6.07, 6.45) is -4.51. The van der Waals surface area contributed by atoms with Crippen LogP contribution in [0.25, 0.3) is 15.9 Å². The largest absolute Gasteiger partial charge is 0.405 e. The van der Waals surface area contributed by atoms with Gasteiger partial charge in [-0.1, -0.05) is 23.4 Å². The highest BCUT2D eigenvalue weighted by molar-refractivity contribution is 8.00. The van der Waals surface area contributed by atoms with Crippen LogP contribution in [0.1, 0.15) is 17.4 Å². The number of hydrogen-bond acceptors (Lipinski definition) is 5. The first-order valence-electron chi connectivity index (χ1n) is 8.77. The topological polar surface area (TPSA) is 64.0 Å². The van der Waals surface area contributed by atoms with Crippen molar-refractivity contribution in [3.8, 4) is 5.69 Å². The summed E-state index contributed by atoms with van der Waals surface area (Å²) in [4.78, 5) is 31.5. The van der Waals surface area contributed by atoms with Crippen LogP contribution in [0.3, 0.4) is 0 Å². The zero-order chi connectivity index (χ0) is 22.2. The molecule has 0 bridgehead atoms. The molecule has 160 valence electrons. The number of thioether (sulfide) groups is 1. The van der Waals surface area contributed by atoms with Gasteiger partial charge in [0.15, 0.2) is 5.16 Å². The van der Waals surface area contributed by atoms with Gasteiger partial charge in [0.25, 0.3) is 5.56 Å². The summed E-state index contributed by atoms with van der Waals surface area (Å²) in [7, 11) is 0. The minimum atomic E-state index is -4.51. The van der Waals surface area contributed by atoms with Crippen molar-refractivity contribution in [2.24, 2.45) is 0 Å². The van der Waals surface area contributed by atoms with Crippen LogP contribution in [-0.4, -0.2) is 33.4 Å². The number of thiophene rings is 1. The molecule has 0 radical (unpaired) electrons. The number of alkyl halides is 3. The quantitative estimate of drug-likeness (QED) is 0.422. The fraction of sp³-hybridized carbons (Fsp3) is 0.316. The molecule has 0 fully saturated rings. The van der Waals surface area contributed by atoms with Gasteiger partial charge in [0, 0.05) is 9.90 Å². The van der Waals surface area contributed by atoms with Crippen LogP contribution < -0.4 is 10.9 Å². The van der Waals surface area contributed by atoms with Gasteiger partial charge in [0.05, 0.1) is 16.3 Å². The van der Waals surface area contributed by atoms with E-state index in [0.717, 1.165) is 22.2 Å². The van der Waals surface area contributed by atoms with E-state index in [-0.39, 0.29) is 10.7 Å². The van der Waals surface area contributed by atoms with Gasteiger partial charge >= 0.3 is 6.18 Å². The summed E-state index contributed by atoms with van der Waals surface area (Å²) in [6.45, 7) is 3.76. The maximum atomic E-state index is 13.3. The number of carbonyl (C=O) groups is 1. The van der Waals surface area contributed by atoms with Gasteiger partial charge in [-0.15, -0.1) is 11.3 Å². The number of aryl methyl sites for hydroxylation is 2. The third-order valence-electron chi connectivity index (χ3n) is 4.37. The van der Waals surface area contributed by atoms with Gasteiger partial charge < -0.3 is 5.32 Å². The van der Waals surface area contributed by atoms with Crippen LogP contribution in [0, 0.1) is 13.8 Å². The van der Waals surface area contributed by atoms with E-state index in [0.29, 0.717) is 20.9 Å². The summed E-state index contributed by atoms with van der Waals surface area (Å²) in [6, 6.07) is 6.52. The Morgan fingerprint density at radius 3 is 2.53 bits per heavy atom. The Morgan fingerprint density at radius 1 is 1.30 bits per heavy atom. The average molecular weight is 476 g/mol. The Bertz CT molecular complexity index is 1160. The van der Waals surface area contributed by atoms with E-state index in [1.54, 1.807) is 24.3 Å². The summed E-state index contributed by atoms with van der Waals surface area (Å²) < 4.78 is 38.6. The van der Waals surface area contributed by atoms with E-state index < -0.39 is 23.9 Å². The standard InChI is InChI=1S/C19H17ClF3N3O2S2/c1-9-10(2)29-16-14(9)17(28)26(13-6-4-12(20)5-7-13)18(25-16)30-11(3)15(27)24-8-19(21,22)23/h4-7,11H,8H2,1-3H3,(H,24,27). The van der Waals surface area contributed by atoms with E-state index >= 15 is 0 Å². The molecule has 3 rings (SSSR count). The number of rotatable bonds is 5. The minimum Gasteiger partial charge on any atom is -0.346 e. The third kappa shape index (κ3) is 4.81. The van der Waals surface area contributed by atoms with Crippen molar-refractivity contribution in [1.82, 2.24) is 14.9 Å². The van der Waals surface area contributed by atoms with E-state index in [2.05, 4.69) is 4.98 Å². The number of nitrogens with zero attached hydrogens (tertiary/aromatic N) is 2. The molecule has 1 aromatic carbocycles. The fourth-order valence-corrected chi connectivity index (χ4v) is 4.86. The predicted molar refractivity (Wildman–Crippen MR) is 114 cm³/mol. The van der Waals surface area contributed by atoms with Gasteiger partial charge in [0.2, 0.25) is 5.91 Å². The zero-order valence-corrected chi connectivity index (χ0v) is 18.5. The molecule has 5 nitrogen and oxygen atoms in total. The average Bonchev–Trinajstić information content (AvgIpc) is 2.94. The normalized spacial score (nSPS) is 12.9. The van der Waals surface area contributed by atoms with Gasteiger partial charge in [-0.2, -0.15) is 13.2 Å². The number of nitrogens with one attached hydrogen (secondary N) is 1. The Balaban J connectivity index is 2.06. The molecule has 0 aliphatic heterocycles. The highest BCUT2D eigenvalue weighted by atomic mass is 35.5. The minimum absolute atomic E-state index is 0.214. The molecule has 0 aliphatic rings. The van der Waals surface area contributed by atoms with E-state index in [4.69, 9.17) is 11.6 Å². The molecule has 1 N–H and O–H groups in total. The molecule has 1 amide bonds. The lowest BCUT2D eigenvalue weighted by molar-refractivity contribution is -0.137. The monoisotopic (exact) mass is 475 g/mol. The molecule has 0 saturated carbocycles. The van der Waals surface area contributed by atoms with Crippen molar-refractivity contribution >= 4 is 50.8 Å². The van der Waals surface area contributed by atoms with Gasteiger partial charge in [0.1, 0.15) is 11.4 Å². The second-order valence-electron chi connectivity index (χ2n) is 6.57. The van der Waals surface area contributed by atoms with Crippen LogP contribution in [0.4, 0.5) is 13.2 Å². The Morgan fingerprint density at radius 2 is 1.93 bits per heavy atom.